The summed E-state index contributed by atoms with van der Waals surface area (Å²) in [5, 5.41) is 3.31. The lowest BCUT2D eigenvalue weighted by Crippen LogP contribution is -2.17. The number of methoxy groups -OCH3 is 1. The van der Waals surface area contributed by atoms with Crippen LogP contribution >= 0.6 is 43.5 Å². The molecule has 31 heavy (non-hydrogen) atoms. The molecule has 2 aromatic carbocycles. The van der Waals surface area contributed by atoms with Gasteiger partial charge in [0.05, 0.1) is 7.11 Å². The normalized spacial score (nSPS) is 8.97. The fraction of sp³-hybridized carbons (Fsp3) is 0.143. The molecule has 0 saturated heterocycles. The molecule has 0 aliphatic rings. The number of nitrogens with one attached hydrogen (secondary N) is 1. The van der Waals surface area contributed by atoms with Crippen LogP contribution < -0.4 is 10.1 Å². The summed E-state index contributed by atoms with van der Waals surface area (Å²) in [4.78, 5) is 31.4. The molecule has 0 radical (unpaired) electrons. The molecular weight excluding hydrogens is 554 g/mol. The quantitative estimate of drug-likeness (QED) is 0.473. The zero-order valence-electron chi connectivity index (χ0n) is 17.2. The first-order chi connectivity index (χ1) is 14.8. The molecule has 7 nitrogen and oxygen atoms in total. The molecule has 166 valence electrons. The van der Waals surface area contributed by atoms with E-state index in [0.29, 0.717) is 5.69 Å². The van der Waals surface area contributed by atoms with Crippen LogP contribution in [0.25, 0.3) is 5.69 Å². The van der Waals surface area contributed by atoms with Gasteiger partial charge in [0.15, 0.2) is 0 Å². The van der Waals surface area contributed by atoms with E-state index in [2.05, 4.69) is 42.2 Å². The first-order valence-corrected chi connectivity index (χ1v) is 10.4. The summed E-state index contributed by atoms with van der Waals surface area (Å²) in [6, 6.07) is 11.4. The van der Waals surface area contributed by atoms with Gasteiger partial charge >= 0.3 is 0 Å². The summed E-state index contributed by atoms with van der Waals surface area (Å²) in [5.41, 5.74) is 2.36. The lowest BCUT2D eigenvalue weighted by Gasteiger charge is -2.03. The zero-order chi connectivity index (χ0) is 24.0. The van der Waals surface area contributed by atoms with Crippen LogP contribution in [0.15, 0.2) is 57.9 Å². The van der Waals surface area contributed by atoms with Gasteiger partial charge in [-0.15, -0.1) is 0 Å². The van der Waals surface area contributed by atoms with E-state index in [1.165, 1.54) is 0 Å². The van der Waals surface area contributed by atoms with Gasteiger partial charge in [-0.3, -0.25) is 4.79 Å². The first-order valence-electron chi connectivity index (χ1n) is 8.44. The molecule has 0 unspecified atom stereocenters. The highest BCUT2D eigenvalue weighted by molar-refractivity contribution is 9.11. The maximum atomic E-state index is 11.4. The van der Waals surface area contributed by atoms with Gasteiger partial charge in [-0.25, -0.2) is 4.98 Å². The van der Waals surface area contributed by atoms with E-state index < -0.39 is 0 Å². The van der Waals surface area contributed by atoms with Gasteiger partial charge in [-0.2, -0.15) is 0 Å². The summed E-state index contributed by atoms with van der Waals surface area (Å²) >= 11 is 12.6. The van der Waals surface area contributed by atoms with Crippen LogP contribution in [0.5, 0.6) is 5.75 Å². The zero-order valence-corrected chi connectivity index (χ0v) is 21.1. The number of hydrogen-bond acceptors (Lipinski definition) is 5. The highest BCUT2D eigenvalue weighted by Crippen LogP contribution is 2.23. The number of carbonyl (C=O) groups is 3. The highest BCUT2D eigenvalue weighted by atomic mass is 79.9. The van der Waals surface area contributed by atoms with E-state index in [0.717, 1.165) is 31.0 Å². The number of halogens is 3. The molecule has 1 aromatic heterocycles. The molecule has 0 fully saturated rings. The smallest absolute Gasteiger partial charge is 0.271 e. The minimum Gasteiger partial charge on any atom is -0.497 e. The average Bonchev–Trinajstić information content (AvgIpc) is 3.28. The molecule has 0 spiro atoms. The van der Waals surface area contributed by atoms with Crippen LogP contribution in [0.1, 0.15) is 16.1 Å². The monoisotopic (exact) mass is 573 g/mol. The Balaban J connectivity index is 0.000000549. The second kappa shape index (κ2) is 15.3. The van der Waals surface area contributed by atoms with Gasteiger partial charge in [0.1, 0.15) is 31.3 Å². The molecule has 1 heterocycles. The van der Waals surface area contributed by atoms with Crippen LogP contribution in [-0.4, -0.2) is 43.2 Å². The Morgan fingerprint density at radius 3 is 2.16 bits per heavy atom. The summed E-state index contributed by atoms with van der Waals surface area (Å²) in [5.74, 6) is 0.653. The van der Waals surface area contributed by atoms with Gasteiger partial charge in [0.25, 0.3) is 5.91 Å². The fourth-order valence-electron chi connectivity index (χ4n) is 2.14. The second-order valence-corrected chi connectivity index (χ2v) is 7.73. The number of amides is 1. The van der Waals surface area contributed by atoms with Gasteiger partial charge in [0, 0.05) is 32.9 Å². The molecule has 1 amide bonds. The van der Waals surface area contributed by atoms with Crippen molar-refractivity contribution in [3.8, 4) is 11.4 Å². The topological polar surface area (TPSA) is 90.3 Å². The van der Waals surface area contributed by atoms with Gasteiger partial charge in [0.2, 0.25) is 0 Å². The Morgan fingerprint density at radius 1 is 1.10 bits per heavy atom. The molecular formula is C21H22Br2ClN3O4. The van der Waals surface area contributed by atoms with Crippen LogP contribution in [-0.2, 0) is 9.59 Å². The van der Waals surface area contributed by atoms with Crippen molar-refractivity contribution in [2.45, 2.75) is 6.92 Å². The lowest BCUT2D eigenvalue weighted by atomic mass is 10.2. The predicted octanol–water partition coefficient (Wildman–Crippen LogP) is 5.04. The second-order valence-electron chi connectivity index (χ2n) is 5.49. The van der Waals surface area contributed by atoms with Crippen LogP contribution in [0.4, 0.5) is 0 Å². The largest absolute Gasteiger partial charge is 0.497 e. The highest BCUT2D eigenvalue weighted by Gasteiger charge is 2.08. The number of carbonyl (C=O) groups excluding carboxylic acids is 3. The molecule has 0 aliphatic heterocycles. The Kier molecular flexibility index (Phi) is 14.1. The van der Waals surface area contributed by atoms with Crippen LogP contribution in [0.2, 0.25) is 5.02 Å². The van der Waals surface area contributed by atoms with Crippen molar-refractivity contribution >= 4 is 62.9 Å². The average molecular weight is 576 g/mol. The third kappa shape index (κ3) is 9.46. The van der Waals surface area contributed by atoms with Gasteiger partial charge < -0.3 is 24.2 Å². The molecule has 0 bridgehead atoms. The van der Waals surface area contributed by atoms with Crippen LogP contribution in [0.3, 0.4) is 0 Å². The molecule has 3 aromatic rings. The fourth-order valence-corrected chi connectivity index (χ4v) is 3.53. The number of aromatic nitrogens is 2. The van der Waals surface area contributed by atoms with Crippen molar-refractivity contribution < 1.29 is 19.1 Å². The number of hydrogen-bond donors (Lipinski definition) is 1. The maximum Gasteiger partial charge on any atom is 0.271 e. The first kappa shape index (κ1) is 28.5. The number of aryl methyl sites for hydroxylation is 1. The Bertz CT molecular complexity index is 961. The summed E-state index contributed by atoms with van der Waals surface area (Å²) in [7, 11) is 3.22. The maximum absolute atomic E-state index is 11.4. The minimum atomic E-state index is -0.196. The van der Waals surface area contributed by atoms with Crippen molar-refractivity contribution in [1.82, 2.24) is 14.9 Å². The molecule has 3 rings (SSSR count). The lowest BCUT2D eigenvalue weighted by molar-refractivity contribution is -0.0987. The molecule has 0 atom stereocenters. The number of imidazole rings is 1. The Hall–Kier alpha value is -2.49. The number of rotatable bonds is 3. The summed E-state index contributed by atoms with van der Waals surface area (Å²) < 4.78 is 8.69. The third-order valence-corrected chi connectivity index (χ3v) is 4.89. The van der Waals surface area contributed by atoms with Crippen molar-refractivity contribution in [3.63, 3.8) is 0 Å². The van der Waals surface area contributed by atoms with Crippen molar-refractivity contribution in [2.24, 2.45) is 0 Å². The number of nitrogens with zero attached hydrogens (tertiary/aromatic N) is 2. The Morgan fingerprint density at radius 2 is 1.68 bits per heavy atom. The predicted molar refractivity (Wildman–Crippen MR) is 129 cm³/mol. The molecule has 1 N–H and O–H groups in total. The molecule has 10 heteroatoms. The van der Waals surface area contributed by atoms with E-state index in [1.807, 2.05) is 56.9 Å². The standard InChI is InChI=1S/C11H9Br2N3O.C8H9ClO.2CH2O/c1-14-11(17)10-5-16(6-15-10)9-3-7(12)2-8(13)4-9;1-6-5-7(10-2)3-4-8(6)9;2*1-2/h2-6H,1H3,(H,14,17);3-5H,1-2H3;2*1H2. The van der Waals surface area contributed by atoms with Crippen molar-refractivity contribution in [2.75, 3.05) is 14.2 Å². The van der Waals surface area contributed by atoms with E-state index in [4.69, 9.17) is 25.9 Å². The van der Waals surface area contributed by atoms with Crippen LogP contribution in [0, 0.1) is 6.92 Å². The molecule has 0 aliphatic carbocycles. The van der Waals surface area contributed by atoms with Crippen molar-refractivity contribution in [1.29, 1.82) is 0 Å². The minimum absolute atomic E-state index is 0.196. The van der Waals surface area contributed by atoms with Gasteiger partial charge in [-0.05, 0) is 48.9 Å². The van der Waals surface area contributed by atoms with E-state index in [1.54, 1.807) is 31.2 Å². The number of ether oxygens (including phenoxy) is 1. The van der Waals surface area contributed by atoms with E-state index >= 15 is 0 Å². The number of benzene rings is 2. The van der Waals surface area contributed by atoms with E-state index in [-0.39, 0.29) is 5.91 Å². The summed E-state index contributed by atoms with van der Waals surface area (Å²) in [6.07, 6.45) is 3.30. The summed E-state index contributed by atoms with van der Waals surface area (Å²) in [6.45, 7) is 5.95. The molecule has 0 saturated carbocycles. The van der Waals surface area contributed by atoms with Crippen molar-refractivity contribution in [3.05, 3.63) is 74.1 Å². The van der Waals surface area contributed by atoms with Gasteiger partial charge in [-0.1, -0.05) is 43.5 Å². The Labute approximate surface area is 203 Å². The third-order valence-electron chi connectivity index (χ3n) is 3.55. The van der Waals surface area contributed by atoms with E-state index in [9.17, 15) is 4.79 Å². The SMILES string of the molecule is C=O.C=O.CNC(=O)c1cn(-c2cc(Br)cc(Br)c2)cn1.COc1ccc(Cl)c(C)c1.